The lowest BCUT2D eigenvalue weighted by molar-refractivity contribution is -0.289. The number of carbonyl (C=O) groups excluding carboxylic acids is 1. The molecule has 0 fully saturated rings. The van der Waals surface area contributed by atoms with Gasteiger partial charge in [-0.15, -0.1) is 0 Å². The largest absolute Gasteiger partial charge is 0.478 e. The summed E-state index contributed by atoms with van der Waals surface area (Å²) in [6, 6.07) is 5.59. The van der Waals surface area contributed by atoms with Crippen LogP contribution in [0.1, 0.15) is 26.3 Å². The number of hydrogen-bond donors (Lipinski definition) is 2. The molecule has 0 bridgehead atoms. The Kier molecular flexibility index (Phi) is 6.07. The minimum atomic E-state index is -5.81. The first-order chi connectivity index (χ1) is 13.6. The summed E-state index contributed by atoms with van der Waals surface area (Å²) < 4.78 is 90.9. The van der Waals surface area contributed by atoms with Gasteiger partial charge in [0.1, 0.15) is 5.56 Å². The Bertz CT molecular complexity index is 1080. The summed E-state index contributed by atoms with van der Waals surface area (Å²) in [6.45, 7) is 0. The van der Waals surface area contributed by atoms with Crippen LogP contribution in [0.4, 0.5) is 27.6 Å². The van der Waals surface area contributed by atoms with Crippen molar-refractivity contribution in [2.45, 2.75) is 12.1 Å². The first kappa shape index (κ1) is 23.1. The fourth-order valence-corrected chi connectivity index (χ4v) is 2.76. The predicted molar refractivity (Wildman–Crippen MR) is 93.2 cm³/mol. The fourth-order valence-electron chi connectivity index (χ4n) is 2.30. The van der Waals surface area contributed by atoms with Crippen molar-refractivity contribution in [2.75, 3.05) is 11.6 Å². The summed E-state index contributed by atoms with van der Waals surface area (Å²) in [5.74, 6) is -8.54. The van der Waals surface area contributed by atoms with Crippen molar-refractivity contribution in [3.8, 4) is 5.75 Å². The Balaban J connectivity index is 2.35. The number of alkyl halides is 5. The van der Waals surface area contributed by atoms with E-state index in [1.165, 1.54) is 0 Å². The zero-order valence-corrected chi connectivity index (χ0v) is 15.6. The molecule has 13 heteroatoms. The Hall–Kier alpha value is -3.22. The SMILES string of the molecule is CS(=O)(=O)Oc1cccc(C(=O)Nc2ccc(C(F)(F)C(F)(F)F)cc2)c1C(=O)O. The van der Waals surface area contributed by atoms with Crippen LogP contribution in [0.2, 0.25) is 0 Å². The molecule has 0 saturated carbocycles. The van der Waals surface area contributed by atoms with Crippen molar-refractivity contribution in [2.24, 2.45) is 0 Å². The molecule has 162 valence electrons. The zero-order valence-electron chi connectivity index (χ0n) is 14.8. The van der Waals surface area contributed by atoms with Crippen LogP contribution in [-0.4, -0.2) is 37.8 Å². The number of carboxylic acids is 1. The van der Waals surface area contributed by atoms with E-state index in [1.807, 2.05) is 0 Å². The topological polar surface area (TPSA) is 110 Å². The highest BCUT2D eigenvalue weighted by atomic mass is 32.2. The molecule has 0 aliphatic rings. The van der Waals surface area contributed by atoms with E-state index in [4.69, 9.17) is 0 Å². The third-order valence-electron chi connectivity index (χ3n) is 3.59. The van der Waals surface area contributed by atoms with E-state index < -0.39 is 56.5 Å². The van der Waals surface area contributed by atoms with E-state index in [1.54, 1.807) is 0 Å². The molecule has 2 N–H and O–H groups in total. The minimum Gasteiger partial charge on any atom is -0.478 e. The normalized spacial score (nSPS) is 12.3. The lowest BCUT2D eigenvalue weighted by Crippen LogP contribution is -2.33. The maximum Gasteiger partial charge on any atom is 0.458 e. The average Bonchev–Trinajstić information content (AvgIpc) is 2.59. The second-order valence-corrected chi connectivity index (χ2v) is 7.45. The molecule has 7 nitrogen and oxygen atoms in total. The molecule has 0 atom stereocenters. The van der Waals surface area contributed by atoms with Gasteiger partial charge in [0.2, 0.25) is 0 Å². The minimum absolute atomic E-state index is 0.215. The molecule has 30 heavy (non-hydrogen) atoms. The van der Waals surface area contributed by atoms with Crippen LogP contribution in [0.3, 0.4) is 0 Å². The van der Waals surface area contributed by atoms with Crippen LogP contribution in [0, 0.1) is 0 Å². The van der Waals surface area contributed by atoms with E-state index in [0.29, 0.717) is 18.4 Å². The number of carbonyl (C=O) groups is 2. The van der Waals surface area contributed by atoms with Crippen LogP contribution >= 0.6 is 0 Å². The predicted octanol–water partition coefficient (Wildman–Crippen LogP) is 3.63. The van der Waals surface area contributed by atoms with Gasteiger partial charge in [-0.25, -0.2) is 4.79 Å². The molecule has 0 aliphatic carbocycles. The maximum atomic E-state index is 13.3. The van der Waals surface area contributed by atoms with E-state index in [0.717, 1.165) is 30.3 Å². The lowest BCUT2D eigenvalue weighted by Gasteiger charge is -2.20. The van der Waals surface area contributed by atoms with Crippen molar-refractivity contribution in [3.05, 3.63) is 59.2 Å². The molecule has 2 aromatic rings. The number of benzene rings is 2. The van der Waals surface area contributed by atoms with E-state index in [-0.39, 0.29) is 5.69 Å². The average molecular weight is 453 g/mol. The Labute approximate surface area is 166 Å². The number of aromatic carboxylic acids is 1. The molecule has 0 spiro atoms. The summed E-state index contributed by atoms with van der Waals surface area (Å²) in [5.41, 5.74) is -2.90. The number of carboxylic acid groups (broad SMARTS) is 1. The van der Waals surface area contributed by atoms with E-state index >= 15 is 0 Å². The molecule has 2 rings (SSSR count). The highest BCUT2D eigenvalue weighted by Crippen LogP contribution is 2.43. The van der Waals surface area contributed by atoms with Gasteiger partial charge in [0, 0.05) is 11.3 Å². The molecule has 0 unspecified atom stereocenters. The molecular weight excluding hydrogens is 441 g/mol. The Morgan fingerprint density at radius 1 is 1.00 bits per heavy atom. The van der Waals surface area contributed by atoms with Gasteiger partial charge < -0.3 is 14.6 Å². The molecule has 0 aliphatic heterocycles. The third kappa shape index (κ3) is 5.03. The third-order valence-corrected chi connectivity index (χ3v) is 4.07. The van der Waals surface area contributed by atoms with Gasteiger partial charge in [0.25, 0.3) is 5.91 Å². The number of nitrogens with one attached hydrogen (secondary N) is 1. The van der Waals surface area contributed by atoms with Gasteiger partial charge in [-0.05, 0) is 24.3 Å². The van der Waals surface area contributed by atoms with Crippen molar-refractivity contribution in [3.63, 3.8) is 0 Å². The molecule has 0 aromatic heterocycles. The molecular formula is C17H12F5NO6S. The highest BCUT2D eigenvalue weighted by molar-refractivity contribution is 7.86. The quantitative estimate of drug-likeness (QED) is 0.511. The van der Waals surface area contributed by atoms with Gasteiger partial charge in [-0.1, -0.05) is 18.2 Å². The Morgan fingerprint density at radius 3 is 2.03 bits per heavy atom. The summed E-state index contributed by atoms with van der Waals surface area (Å²) in [5, 5.41) is 11.4. The first-order valence-corrected chi connectivity index (χ1v) is 9.57. The number of anilines is 1. The van der Waals surface area contributed by atoms with Gasteiger partial charge >= 0.3 is 28.2 Å². The van der Waals surface area contributed by atoms with Crippen LogP contribution in [0.15, 0.2) is 42.5 Å². The summed E-state index contributed by atoms with van der Waals surface area (Å²) in [7, 11) is -4.12. The molecule has 0 radical (unpaired) electrons. The molecule has 1 amide bonds. The van der Waals surface area contributed by atoms with Crippen LogP contribution < -0.4 is 9.50 Å². The number of hydrogen-bond acceptors (Lipinski definition) is 5. The van der Waals surface area contributed by atoms with E-state index in [9.17, 15) is 45.1 Å². The standard InChI is InChI=1S/C17H12F5NO6S/c1-30(27,28)29-12-4-2-3-11(13(12)15(25)26)14(24)23-10-7-5-9(6-8-10)16(18,19)17(20,21)22/h2-8H,1H3,(H,23,24)(H,25,26). The number of amides is 1. The highest BCUT2D eigenvalue weighted by Gasteiger charge is 2.58. The summed E-state index contributed by atoms with van der Waals surface area (Å²) in [4.78, 5) is 23.9. The number of rotatable bonds is 6. The van der Waals surface area contributed by atoms with Crippen LogP contribution in [-0.2, 0) is 16.0 Å². The Morgan fingerprint density at radius 2 is 1.57 bits per heavy atom. The second kappa shape index (κ2) is 7.89. The molecule has 2 aromatic carbocycles. The second-order valence-electron chi connectivity index (χ2n) is 5.87. The van der Waals surface area contributed by atoms with Crippen molar-refractivity contribution in [1.82, 2.24) is 0 Å². The van der Waals surface area contributed by atoms with Crippen molar-refractivity contribution >= 4 is 27.7 Å². The van der Waals surface area contributed by atoms with Gasteiger partial charge in [0.05, 0.1) is 11.8 Å². The van der Waals surface area contributed by atoms with E-state index in [2.05, 4.69) is 9.50 Å². The van der Waals surface area contributed by atoms with Gasteiger partial charge in [0.15, 0.2) is 5.75 Å². The number of halogens is 5. The smallest absolute Gasteiger partial charge is 0.458 e. The summed E-state index contributed by atoms with van der Waals surface area (Å²) in [6.07, 6.45) is -5.15. The molecule has 0 saturated heterocycles. The summed E-state index contributed by atoms with van der Waals surface area (Å²) >= 11 is 0. The van der Waals surface area contributed by atoms with Crippen molar-refractivity contribution in [1.29, 1.82) is 0 Å². The van der Waals surface area contributed by atoms with Gasteiger partial charge in [-0.2, -0.15) is 30.4 Å². The first-order valence-electron chi connectivity index (χ1n) is 7.75. The maximum absolute atomic E-state index is 13.3. The lowest BCUT2D eigenvalue weighted by atomic mass is 10.0. The fraction of sp³-hybridized carbons (Fsp3) is 0.176. The van der Waals surface area contributed by atoms with Gasteiger partial charge in [-0.3, -0.25) is 4.79 Å². The van der Waals surface area contributed by atoms with Crippen LogP contribution in [0.25, 0.3) is 0 Å². The molecule has 0 heterocycles. The van der Waals surface area contributed by atoms with Crippen molar-refractivity contribution < 1.29 is 49.2 Å². The zero-order chi connectivity index (χ0) is 22.9. The monoisotopic (exact) mass is 453 g/mol. The van der Waals surface area contributed by atoms with Crippen LogP contribution in [0.5, 0.6) is 5.75 Å².